The Labute approximate surface area is 121 Å². The SMILES string of the molecule is COC[C@H]1O[C@@H](OCC(F)(F)F)[C@H](OC)[C@@H](OC)[C@@H]1OC. The monoisotopic (exact) mass is 318 g/mol. The molecule has 21 heavy (non-hydrogen) atoms. The van der Waals surface area contributed by atoms with Crippen molar-refractivity contribution in [3.05, 3.63) is 0 Å². The summed E-state index contributed by atoms with van der Waals surface area (Å²) >= 11 is 0. The molecular weight excluding hydrogens is 297 g/mol. The summed E-state index contributed by atoms with van der Waals surface area (Å²) in [6.45, 7) is -1.31. The fraction of sp³-hybridized carbons (Fsp3) is 1.00. The number of ether oxygens (including phenoxy) is 6. The number of methoxy groups -OCH3 is 4. The molecule has 0 aliphatic carbocycles. The molecule has 1 aliphatic heterocycles. The third-order valence-corrected chi connectivity index (χ3v) is 3.15. The van der Waals surface area contributed by atoms with Gasteiger partial charge >= 0.3 is 6.18 Å². The highest BCUT2D eigenvalue weighted by molar-refractivity contribution is 4.92. The summed E-state index contributed by atoms with van der Waals surface area (Å²) in [5, 5.41) is 0. The van der Waals surface area contributed by atoms with Crippen LogP contribution in [0.5, 0.6) is 0 Å². The summed E-state index contributed by atoms with van der Waals surface area (Å²) in [5.41, 5.74) is 0. The van der Waals surface area contributed by atoms with Crippen LogP contribution in [-0.4, -0.2) is 78.5 Å². The van der Waals surface area contributed by atoms with Gasteiger partial charge < -0.3 is 28.4 Å². The lowest BCUT2D eigenvalue weighted by Gasteiger charge is -2.44. The first-order valence-electron chi connectivity index (χ1n) is 6.29. The van der Waals surface area contributed by atoms with Gasteiger partial charge in [0.05, 0.1) is 6.61 Å². The van der Waals surface area contributed by atoms with Crippen molar-refractivity contribution in [1.29, 1.82) is 0 Å². The molecule has 1 fully saturated rings. The van der Waals surface area contributed by atoms with Gasteiger partial charge in [-0.3, -0.25) is 0 Å². The molecule has 9 heteroatoms. The number of halogens is 3. The summed E-state index contributed by atoms with van der Waals surface area (Å²) in [6.07, 6.45) is -8.37. The van der Waals surface area contributed by atoms with Gasteiger partial charge in [0.1, 0.15) is 31.0 Å². The maximum atomic E-state index is 12.3. The first-order valence-corrected chi connectivity index (χ1v) is 6.29. The van der Waals surface area contributed by atoms with E-state index in [0.717, 1.165) is 0 Å². The second-order valence-corrected chi connectivity index (χ2v) is 4.53. The van der Waals surface area contributed by atoms with Crippen LogP contribution in [0, 0.1) is 0 Å². The largest absolute Gasteiger partial charge is 0.411 e. The van der Waals surface area contributed by atoms with Gasteiger partial charge in [-0.15, -0.1) is 0 Å². The van der Waals surface area contributed by atoms with Gasteiger partial charge in [-0.1, -0.05) is 0 Å². The molecule has 1 saturated heterocycles. The van der Waals surface area contributed by atoms with E-state index < -0.39 is 43.5 Å². The number of alkyl halides is 3. The molecular formula is C12H21F3O6. The lowest BCUT2D eigenvalue weighted by Crippen LogP contribution is -2.61. The van der Waals surface area contributed by atoms with Crippen molar-refractivity contribution in [2.75, 3.05) is 41.7 Å². The van der Waals surface area contributed by atoms with Gasteiger partial charge in [0.15, 0.2) is 6.29 Å². The second-order valence-electron chi connectivity index (χ2n) is 4.53. The topological polar surface area (TPSA) is 55.4 Å². The van der Waals surface area contributed by atoms with Crippen molar-refractivity contribution in [3.63, 3.8) is 0 Å². The predicted octanol–water partition coefficient (Wildman–Crippen LogP) is 0.982. The molecule has 0 N–H and O–H groups in total. The third kappa shape index (κ3) is 5.04. The number of hydrogen-bond donors (Lipinski definition) is 0. The second kappa shape index (κ2) is 8.25. The van der Waals surface area contributed by atoms with E-state index in [-0.39, 0.29) is 6.61 Å². The Hall–Kier alpha value is -0.450. The van der Waals surface area contributed by atoms with Crippen molar-refractivity contribution in [1.82, 2.24) is 0 Å². The maximum Gasteiger partial charge on any atom is 0.411 e. The average Bonchev–Trinajstić information content (AvgIpc) is 2.43. The fourth-order valence-electron chi connectivity index (χ4n) is 2.29. The Kier molecular flexibility index (Phi) is 7.31. The molecule has 0 aromatic rings. The molecule has 0 bridgehead atoms. The van der Waals surface area contributed by atoms with Crippen molar-refractivity contribution < 1.29 is 41.6 Å². The first kappa shape index (κ1) is 18.6. The highest BCUT2D eigenvalue weighted by atomic mass is 19.4. The normalized spacial score (nSPS) is 34.1. The molecule has 0 spiro atoms. The third-order valence-electron chi connectivity index (χ3n) is 3.15. The lowest BCUT2D eigenvalue weighted by molar-refractivity contribution is -0.329. The minimum absolute atomic E-state index is 0.126. The number of rotatable bonds is 7. The van der Waals surface area contributed by atoms with E-state index in [0.29, 0.717) is 0 Å². The molecule has 1 heterocycles. The molecule has 0 unspecified atom stereocenters. The zero-order valence-electron chi connectivity index (χ0n) is 12.4. The van der Waals surface area contributed by atoms with Gasteiger partial charge in [-0.2, -0.15) is 13.2 Å². The number of hydrogen-bond acceptors (Lipinski definition) is 6. The van der Waals surface area contributed by atoms with Gasteiger partial charge in [0, 0.05) is 28.4 Å². The van der Waals surface area contributed by atoms with E-state index in [2.05, 4.69) is 0 Å². The zero-order chi connectivity index (χ0) is 16.0. The highest BCUT2D eigenvalue weighted by Crippen LogP contribution is 2.29. The summed E-state index contributed by atoms with van der Waals surface area (Å²) in [7, 11) is 5.66. The molecule has 0 saturated carbocycles. The van der Waals surface area contributed by atoms with E-state index in [1.165, 1.54) is 28.4 Å². The Morgan fingerprint density at radius 2 is 1.48 bits per heavy atom. The van der Waals surface area contributed by atoms with Gasteiger partial charge in [0.2, 0.25) is 0 Å². The predicted molar refractivity (Wildman–Crippen MR) is 64.9 cm³/mol. The van der Waals surface area contributed by atoms with E-state index in [1.807, 2.05) is 0 Å². The quantitative estimate of drug-likeness (QED) is 0.697. The van der Waals surface area contributed by atoms with Crippen molar-refractivity contribution >= 4 is 0 Å². The summed E-state index contributed by atoms with van der Waals surface area (Å²) in [4.78, 5) is 0. The van der Waals surface area contributed by atoms with Gasteiger partial charge in [-0.05, 0) is 0 Å². The van der Waals surface area contributed by atoms with Crippen LogP contribution in [0.2, 0.25) is 0 Å². The molecule has 1 aliphatic rings. The molecule has 5 atom stereocenters. The molecule has 0 aromatic carbocycles. The van der Waals surface area contributed by atoms with Crippen LogP contribution in [-0.2, 0) is 28.4 Å². The van der Waals surface area contributed by atoms with E-state index in [4.69, 9.17) is 28.4 Å². The minimum atomic E-state index is -4.46. The Morgan fingerprint density at radius 3 is 1.90 bits per heavy atom. The first-order chi connectivity index (χ1) is 9.87. The van der Waals surface area contributed by atoms with E-state index in [1.54, 1.807) is 0 Å². The Balaban J connectivity index is 2.85. The zero-order valence-corrected chi connectivity index (χ0v) is 12.4. The molecule has 6 nitrogen and oxygen atoms in total. The van der Waals surface area contributed by atoms with Crippen LogP contribution in [0.4, 0.5) is 13.2 Å². The maximum absolute atomic E-state index is 12.3. The Bertz CT molecular complexity index is 301. The van der Waals surface area contributed by atoms with Crippen LogP contribution in [0.15, 0.2) is 0 Å². The fourth-order valence-corrected chi connectivity index (χ4v) is 2.29. The summed E-state index contributed by atoms with van der Waals surface area (Å²) in [6, 6.07) is 0. The van der Waals surface area contributed by atoms with Crippen LogP contribution in [0.25, 0.3) is 0 Å². The molecule has 0 amide bonds. The van der Waals surface area contributed by atoms with Crippen LogP contribution < -0.4 is 0 Å². The van der Waals surface area contributed by atoms with Gasteiger partial charge in [0.25, 0.3) is 0 Å². The minimum Gasteiger partial charge on any atom is -0.382 e. The summed E-state index contributed by atoms with van der Waals surface area (Å²) in [5.74, 6) is 0. The van der Waals surface area contributed by atoms with Crippen LogP contribution in [0.3, 0.4) is 0 Å². The summed E-state index contributed by atoms with van der Waals surface area (Å²) < 4.78 is 67.9. The molecule has 0 aromatic heterocycles. The molecule has 1 rings (SSSR count). The standard InChI is InChI=1S/C12H21F3O6/c1-16-5-7-8(17-2)9(18-3)10(19-4)11(21-7)20-6-12(13,14)15/h7-11H,5-6H2,1-4H3/t7-,8-,9+,10-,11-/m1/s1. The van der Waals surface area contributed by atoms with Crippen LogP contribution in [0.1, 0.15) is 0 Å². The van der Waals surface area contributed by atoms with Crippen LogP contribution >= 0.6 is 0 Å². The van der Waals surface area contributed by atoms with Crippen molar-refractivity contribution in [2.24, 2.45) is 0 Å². The van der Waals surface area contributed by atoms with Gasteiger partial charge in [-0.25, -0.2) is 0 Å². The Morgan fingerprint density at radius 1 is 0.905 bits per heavy atom. The van der Waals surface area contributed by atoms with E-state index >= 15 is 0 Å². The lowest BCUT2D eigenvalue weighted by atomic mass is 9.98. The van der Waals surface area contributed by atoms with Crippen molar-refractivity contribution in [2.45, 2.75) is 36.9 Å². The van der Waals surface area contributed by atoms with E-state index in [9.17, 15) is 13.2 Å². The smallest absolute Gasteiger partial charge is 0.382 e. The highest BCUT2D eigenvalue weighted by Gasteiger charge is 2.48. The van der Waals surface area contributed by atoms with Crippen molar-refractivity contribution in [3.8, 4) is 0 Å². The average molecular weight is 318 g/mol. The molecule has 0 radical (unpaired) electrons. The molecule has 126 valence electrons.